The van der Waals surface area contributed by atoms with Gasteiger partial charge in [-0.25, -0.2) is 0 Å². The summed E-state index contributed by atoms with van der Waals surface area (Å²) in [5, 5.41) is 14.6. The second-order valence-electron chi connectivity index (χ2n) is 7.15. The Labute approximate surface area is 165 Å². The summed E-state index contributed by atoms with van der Waals surface area (Å²) >= 11 is 7.59. The number of thiophene rings is 1. The van der Waals surface area contributed by atoms with Crippen LogP contribution in [0, 0.1) is 12.8 Å². The van der Waals surface area contributed by atoms with Crippen molar-refractivity contribution < 1.29 is 9.90 Å². The molecule has 4 rings (SSSR count). The number of amides is 1. The zero-order valence-corrected chi connectivity index (χ0v) is 16.6. The van der Waals surface area contributed by atoms with E-state index in [9.17, 15) is 14.7 Å². The molecule has 0 fully saturated rings. The first-order chi connectivity index (χ1) is 12.8. The van der Waals surface area contributed by atoms with Gasteiger partial charge in [-0.05, 0) is 55.4 Å². The predicted octanol–water partition coefficient (Wildman–Crippen LogP) is 4.63. The Balaban J connectivity index is 1.78. The third kappa shape index (κ3) is 3.13. The fraction of sp³-hybridized carbons (Fsp3) is 0.300. The van der Waals surface area contributed by atoms with E-state index >= 15 is 0 Å². The van der Waals surface area contributed by atoms with Crippen molar-refractivity contribution in [2.24, 2.45) is 5.92 Å². The Morgan fingerprint density at radius 1 is 1.41 bits per heavy atom. The van der Waals surface area contributed by atoms with Gasteiger partial charge in [0.15, 0.2) is 0 Å². The number of aromatic nitrogens is 1. The van der Waals surface area contributed by atoms with E-state index in [2.05, 4.69) is 17.2 Å². The highest BCUT2D eigenvalue weighted by atomic mass is 35.5. The Kier molecular flexibility index (Phi) is 4.48. The maximum Gasteiger partial charge on any atom is 0.265 e. The molecule has 140 valence electrons. The number of hydrogen-bond acceptors (Lipinski definition) is 4. The van der Waals surface area contributed by atoms with Crippen LogP contribution in [0.25, 0.3) is 10.2 Å². The summed E-state index contributed by atoms with van der Waals surface area (Å²) in [4.78, 5) is 29.8. The van der Waals surface area contributed by atoms with E-state index in [0.29, 0.717) is 26.8 Å². The average Bonchev–Trinajstić information content (AvgIpc) is 2.95. The summed E-state index contributed by atoms with van der Waals surface area (Å²) in [5.41, 5.74) is 1.54. The van der Waals surface area contributed by atoms with Crippen LogP contribution in [0.15, 0.2) is 23.0 Å². The number of aromatic amines is 1. The van der Waals surface area contributed by atoms with Gasteiger partial charge in [-0.15, -0.1) is 11.3 Å². The van der Waals surface area contributed by atoms with Crippen LogP contribution in [-0.2, 0) is 12.8 Å². The summed E-state index contributed by atoms with van der Waals surface area (Å²) in [5.74, 6) is -0.315. The molecule has 27 heavy (non-hydrogen) atoms. The molecule has 3 N–H and O–H groups in total. The normalized spacial score (nSPS) is 16.3. The molecule has 2 heterocycles. The first-order valence-corrected chi connectivity index (χ1v) is 10.0. The van der Waals surface area contributed by atoms with Gasteiger partial charge in [0.1, 0.15) is 16.1 Å². The number of H-pyrrole nitrogens is 1. The Morgan fingerprint density at radius 2 is 2.19 bits per heavy atom. The van der Waals surface area contributed by atoms with E-state index in [1.54, 1.807) is 18.2 Å². The number of nitrogens with one attached hydrogen (secondary N) is 2. The van der Waals surface area contributed by atoms with Crippen molar-refractivity contribution in [1.29, 1.82) is 0 Å². The van der Waals surface area contributed by atoms with E-state index < -0.39 is 11.5 Å². The fourth-order valence-electron chi connectivity index (χ4n) is 3.56. The standard InChI is InChI=1S/C20H19ClN2O3S/c1-9-3-6-12-14(7-9)27-20-15(12)17(24)16(19(26)23-20)18(25)22-11-5-4-10(2)13(21)8-11/h4-5,8-9H,3,6-7H2,1-2H3,(H,22,25)(H2,23,24,26)/t9-/m0/s1. The predicted molar refractivity (Wildman–Crippen MR) is 109 cm³/mol. The lowest BCUT2D eigenvalue weighted by Crippen LogP contribution is -2.23. The maximum atomic E-state index is 12.7. The highest BCUT2D eigenvalue weighted by Gasteiger charge is 2.27. The summed E-state index contributed by atoms with van der Waals surface area (Å²) in [7, 11) is 0. The Morgan fingerprint density at radius 3 is 2.93 bits per heavy atom. The first-order valence-electron chi connectivity index (χ1n) is 8.82. The van der Waals surface area contributed by atoms with Gasteiger partial charge in [-0.1, -0.05) is 24.6 Å². The second-order valence-corrected chi connectivity index (χ2v) is 8.66. The smallest absolute Gasteiger partial charge is 0.265 e. The van der Waals surface area contributed by atoms with E-state index in [-0.39, 0.29) is 11.3 Å². The number of aromatic hydroxyl groups is 1. The molecule has 1 aliphatic carbocycles. The lowest BCUT2D eigenvalue weighted by atomic mass is 9.89. The summed E-state index contributed by atoms with van der Waals surface area (Å²) in [6.45, 7) is 4.06. The molecule has 2 aromatic heterocycles. The summed E-state index contributed by atoms with van der Waals surface area (Å²) in [6, 6.07) is 5.10. The minimum absolute atomic E-state index is 0.239. The number of carbonyl (C=O) groups excluding carboxylic acids is 1. The third-order valence-corrected chi connectivity index (χ3v) is 6.67. The minimum Gasteiger partial charge on any atom is -0.506 e. The largest absolute Gasteiger partial charge is 0.506 e. The molecule has 7 heteroatoms. The van der Waals surface area contributed by atoms with Gasteiger partial charge in [0, 0.05) is 15.6 Å². The number of hydrogen-bond donors (Lipinski definition) is 3. The monoisotopic (exact) mass is 402 g/mol. The average molecular weight is 403 g/mol. The van der Waals surface area contributed by atoms with E-state index in [4.69, 9.17) is 11.6 Å². The number of aryl methyl sites for hydroxylation is 2. The molecule has 0 spiro atoms. The molecular weight excluding hydrogens is 384 g/mol. The Hall–Kier alpha value is -2.31. The molecule has 0 saturated heterocycles. The number of benzene rings is 1. The fourth-order valence-corrected chi connectivity index (χ4v) is 5.15. The molecule has 1 aromatic carbocycles. The van der Waals surface area contributed by atoms with Crippen LogP contribution in [0.2, 0.25) is 5.02 Å². The van der Waals surface area contributed by atoms with Crippen LogP contribution < -0.4 is 10.9 Å². The lowest BCUT2D eigenvalue weighted by molar-refractivity contribution is 0.102. The molecule has 1 aliphatic rings. The molecule has 0 aliphatic heterocycles. The number of pyridine rings is 1. The van der Waals surface area contributed by atoms with Gasteiger partial charge in [0.05, 0.1) is 5.39 Å². The summed E-state index contributed by atoms with van der Waals surface area (Å²) in [6.07, 6.45) is 2.80. The quantitative estimate of drug-likeness (QED) is 0.584. The van der Waals surface area contributed by atoms with Gasteiger partial charge >= 0.3 is 0 Å². The zero-order valence-electron chi connectivity index (χ0n) is 15.0. The van der Waals surface area contributed by atoms with Gasteiger partial charge in [0.2, 0.25) is 0 Å². The van der Waals surface area contributed by atoms with Crippen LogP contribution in [0.5, 0.6) is 5.75 Å². The molecule has 3 aromatic rings. The number of anilines is 1. The van der Waals surface area contributed by atoms with Crippen molar-refractivity contribution in [3.63, 3.8) is 0 Å². The molecule has 0 unspecified atom stereocenters. The van der Waals surface area contributed by atoms with Gasteiger partial charge in [-0.2, -0.15) is 0 Å². The highest BCUT2D eigenvalue weighted by Crippen LogP contribution is 2.41. The van der Waals surface area contributed by atoms with E-state index in [1.807, 2.05) is 6.92 Å². The molecule has 0 radical (unpaired) electrons. The Bertz CT molecular complexity index is 1130. The van der Waals surface area contributed by atoms with Crippen LogP contribution >= 0.6 is 22.9 Å². The molecule has 0 bridgehead atoms. The summed E-state index contributed by atoms with van der Waals surface area (Å²) < 4.78 is 0. The van der Waals surface area contributed by atoms with Gasteiger partial charge < -0.3 is 15.4 Å². The van der Waals surface area contributed by atoms with Crippen molar-refractivity contribution >= 4 is 44.7 Å². The van der Waals surface area contributed by atoms with Gasteiger partial charge in [-0.3, -0.25) is 9.59 Å². The lowest BCUT2D eigenvalue weighted by Gasteiger charge is -2.18. The number of rotatable bonds is 2. The molecule has 1 atom stereocenters. The number of carbonyl (C=O) groups is 1. The second kappa shape index (κ2) is 6.69. The number of halogens is 1. The molecule has 0 saturated carbocycles. The molecule has 5 nitrogen and oxygen atoms in total. The molecular formula is C20H19ClN2O3S. The highest BCUT2D eigenvalue weighted by molar-refractivity contribution is 7.18. The van der Waals surface area contributed by atoms with Crippen molar-refractivity contribution in [1.82, 2.24) is 4.98 Å². The van der Waals surface area contributed by atoms with Crippen LogP contribution in [0.1, 0.15) is 39.7 Å². The molecule has 1 amide bonds. The van der Waals surface area contributed by atoms with Crippen LogP contribution in [-0.4, -0.2) is 16.0 Å². The van der Waals surface area contributed by atoms with Gasteiger partial charge in [0.25, 0.3) is 11.5 Å². The first kappa shape index (κ1) is 18.1. The van der Waals surface area contributed by atoms with Crippen molar-refractivity contribution in [2.45, 2.75) is 33.1 Å². The van der Waals surface area contributed by atoms with Crippen LogP contribution in [0.4, 0.5) is 5.69 Å². The third-order valence-electron chi connectivity index (χ3n) is 5.10. The maximum absolute atomic E-state index is 12.7. The topological polar surface area (TPSA) is 82.2 Å². The minimum atomic E-state index is -0.653. The van der Waals surface area contributed by atoms with E-state index in [1.165, 1.54) is 16.2 Å². The number of fused-ring (bicyclic) bond motifs is 3. The SMILES string of the molecule is Cc1ccc(NC(=O)c2c(O)c3c4c(sc3[nH]c2=O)C[C@@H](C)CC4)cc1Cl. The zero-order chi connectivity index (χ0) is 19.3. The van der Waals surface area contributed by atoms with E-state index in [0.717, 1.165) is 30.4 Å². The van der Waals surface area contributed by atoms with Crippen molar-refractivity contribution in [2.75, 3.05) is 5.32 Å². The van der Waals surface area contributed by atoms with Crippen molar-refractivity contribution in [3.8, 4) is 5.75 Å². The van der Waals surface area contributed by atoms with Crippen LogP contribution in [0.3, 0.4) is 0 Å². The van der Waals surface area contributed by atoms with Crippen molar-refractivity contribution in [3.05, 3.63) is 55.1 Å².